The van der Waals surface area contributed by atoms with Gasteiger partial charge in [0.1, 0.15) is 0 Å². The summed E-state index contributed by atoms with van der Waals surface area (Å²) in [5.74, 6) is 0.757. The fourth-order valence-corrected chi connectivity index (χ4v) is 4.39. The lowest BCUT2D eigenvalue weighted by atomic mass is 9.91. The Kier molecular flexibility index (Phi) is 7.65. The summed E-state index contributed by atoms with van der Waals surface area (Å²) in [6.45, 7) is 9.00. The monoisotopic (exact) mass is 365 g/mol. The maximum absolute atomic E-state index is 12.8. The molecule has 3 rings (SSSR count). The van der Waals surface area contributed by atoms with Crippen molar-refractivity contribution in [2.45, 2.75) is 58.0 Å². The van der Waals surface area contributed by atoms with Gasteiger partial charge in [-0.1, -0.05) is 0 Å². The summed E-state index contributed by atoms with van der Waals surface area (Å²) in [5, 5.41) is 3.42. The van der Waals surface area contributed by atoms with E-state index in [9.17, 15) is 4.79 Å². The van der Waals surface area contributed by atoms with E-state index in [0.717, 1.165) is 45.4 Å². The lowest BCUT2D eigenvalue weighted by Gasteiger charge is -2.39. The summed E-state index contributed by atoms with van der Waals surface area (Å²) in [4.78, 5) is 17.4. The van der Waals surface area contributed by atoms with E-state index >= 15 is 0 Å². The minimum atomic E-state index is 0. The summed E-state index contributed by atoms with van der Waals surface area (Å²) in [7, 11) is 2.05. The Balaban J connectivity index is 0.00000132. The molecule has 3 fully saturated rings. The van der Waals surface area contributed by atoms with Gasteiger partial charge >= 0.3 is 0 Å². The molecule has 0 aromatic carbocycles. The van der Waals surface area contributed by atoms with Crippen LogP contribution in [0.15, 0.2) is 0 Å². The number of hydrogen-bond acceptors (Lipinski definition) is 3. The Bertz CT molecular complexity index is 391. The Morgan fingerprint density at radius 1 is 1.17 bits per heavy atom. The van der Waals surface area contributed by atoms with Gasteiger partial charge in [-0.2, -0.15) is 0 Å². The van der Waals surface area contributed by atoms with Crippen LogP contribution in [0.4, 0.5) is 0 Å². The topological polar surface area (TPSA) is 35.6 Å². The molecule has 2 saturated heterocycles. The van der Waals surface area contributed by atoms with Crippen LogP contribution in [0.3, 0.4) is 0 Å². The van der Waals surface area contributed by atoms with Crippen molar-refractivity contribution in [3.8, 4) is 0 Å². The average molecular weight is 366 g/mol. The van der Waals surface area contributed by atoms with Gasteiger partial charge in [0, 0.05) is 38.1 Å². The summed E-state index contributed by atoms with van der Waals surface area (Å²) < 4.78 is 0. The number of hydrogen-bond donors (Lipinski definition) is 1. The van der Waals surface area contributed by atoms with Crippen LogP contribution in [0, 0.1) is 11.3 Å². The highest BCUT2D eigenvalue weighted by molar-refractivity contribution is 5.85. The van der Waals surface area contributed by atoms with E-state index < -0.39 is 0 Å². The first-order valence-electron chi connectivity index (χ1n) is 8.75. The number of carbonyl (C=O) groups is 1. The van der Waals surface area contributed by atoms with Gasteiger partial charge in [0.05, 0.1) is 0 Å². The highest BCUT2D eigenvalue weighted by Gasteiger charge is 2.58. The van der Waals surface area contributed by atoms with Crippen molar-refractivity contribution in [3.05, 3.63) is 0 Å². The second-order valence-corrected chi connectivity index (χ2v) is 7.68. The summed E-state index contributed by atoms with van der Waals surface area (Å²) >= 11 is 0. The predicted octanol–water partition coefficient (Wildman–Crippen LogP) is 2.55. The van der Waals surface area contributed by atoms with Crippen molar-refractivity contribution in [2.75, 3.05) is 33.2 Å². The number of halogens is 2. The third kappa shape index (κ3) is 4.33. The van der Waals surface area contributed by atoms with Crippen LogP contribution in [-0.2, 0) is 4.79 Å². The van der Waals surface area contributed by atoms with Crippen LogP contribution >= 0.6 is 24.8 Å². The molecule has 6 heteroatoms. The molecule has 1 amide bonds. The second kappa shape index (κ2) is 8.37. The zero-order chi connectivity index (χ0) is 15.0. The van der Waals surface area contributed by atoms with E-state index in [4.69, 9.17) is 0 Å². The Morgan fingerprint density at radius 3 is 2.26 bits per heavy atom. The molecule has 0 radical (unpaired) electrons. The van der Waals surface area contributed by atoms with Gasteiger partial charge in [-0.3, -0.25) is 4.79 Å². The maximum atomic E-state index is 12.8. The van der Waals surface area contributed by atoms with Gasteiger partial charge in [-0.15, -0.1) is 24.8 Å². The van der Waals surface area contributed by atoms with Crippen molar-refractivity contribution >= 4 is 30.7 Å². The number of carbonyl (C=O) groups excluding carboxylic acids is 1. The smallest absolute Gasteiger partial charge is 0.226 e. The Morgan fingerprint density at radius 2 is 1.74 bits per heavy atom. The third-order valence-corrected chi connectivity index (χ3v) is 6.21. The van der Waals surface area contributed by atoms with Gasteiger partial charge in [0.25, 0.3) is 0 Å². The number of likely N-dealkylation sites (tertiary alicyclic amines) is 1. The average Bonchev–Trinajstić information content (AvgIpc) is 3.19. The number of rotatable bonds is 3. The van der Waals surface area contributed by atoms with E-state index in [0.29, 0.717) is 29.3 Å². The fraction of sp³-hybridized carbons (Fsp3) is 0.941. The first kappa shape index (κ1) is 21.0. The first-order chi connectivity index (χ1) is 10.0. The lowest BCUT2D eigenvalue weighted by Crippen LogP contribution is -2.48. The van der Waals surface area contributed by atoms with Gasteiger partial charge in [0.15, 0.2) is 0 Å². The minimum absolute atomic E-state index is 0. The maximum Gasteiger partial charge on any atom is 0.226 e. The molecule has 1 spiro atoms. The summed E-state index contributed by atoms with van der Waals surface area (Å²) in [6.07, 6.45) is 5.82. The quantitative estimate of drug-likeness (QED) is 0.834. The molecular formula is C17H33Cl2N3O. The number of nitrogens with zero attached hydrogens (tertiary/aromatic N) is 2. The van der Waals surface area contributed by atoms with E-state index in [1.54, 1.807) is 0 Å². The van der Waals surface area contributed by atoms with Crippen LogP contribution in [-0.4, -0.2) is 61.0 Å². The molecule has 1 N–H and O–H groups in total. The fourth-order valence-electron chi connectivity index (χ4n) is 4.39. The largest absolute Gasteiger partial charge is 0.342 e. The lowest BCUT2D eigenvalue weighted by molar-refractivity contribution is -0.135. The van der Waals surface area contributed by atoms with E-state index in [-0.39, 0.29) is 24.8 Å². The van der Waals surface area contributed by atoms with Crippen LogP contribution < -0.4 is 5.32 Å². The molecule has 1 aliphatic carbocycles. The third-order valence-electron chi connectivity index (χ3n) is 6.21. The van der Waals surface area contributed by atoms with E-state index in [1.807, 2.05) is 7.05 Å². The van der Waals surface area contributed by atoms with Crippen LogP contribution in [0.1, 0.15) is 46.0 Å². The Labute approximate surface area is 153 Å². The molecule has 2 aliphatic heterocycles. The van der Waals surface area contributed by atoms with Crippen molar-refractivity contribution in [1.29, 1.82) is 0 Å². The molecule has 1 unspecified atom stereocenters. The molecule has 1 saturated carbocycles. The molecule has 0 aromatic rings. The standard InChI is InChI=1S/C17H31N3O.2ClH/c1-13(2)20-10-4-14(5-11-20)19(3)16(21)15-12-17(15)6-8-18-9-7-17;;/h13-15,18H,4-12H2,1-3H3;2*1H. The zero-order valence-electron chi connectivity index (χ0n) is 14.7. The number of amides is 1. The van der Waals surface area contributed by atoms with Crippen LogP contribution in [0.2, 0.25) is 0 Å². The minimum Gasteiger partial charge on any atom is -0.342 e. The van der Waals surface area contributed by atoms with Crippen LogP contribution in [0.5, 0.6) is 0 Å². The van der Waals surface area contributed by atoms with Gasteiger partial charge in [-0.05, 0) is 64.5 Å². The first-order valence-corrected chi connectivity index (χ1v) is 8.75. The molecule has 0 bridgehead atoms. The zero-order valence-corrected chi connectivity index (χ0v) is 16.3. The van der Waals surface area contributed by atoms with Crippen molar-refractivity contribution < 1.29 is 4.79 Å². The van der Waals surface area contributed by atoms with E-state index in [1.165, 1.54) is 12.8 Å². The van der Waals surface area contributed by atoms with Crippen molar-refractivity contribution in [3.63, 3.8) is 0 Å². The number of nitrogens with one attached hydrogen (secondary N) is 1. The number of piperidine rings is 2. The summed E-state index contributed by atoms with van der Waals surface area (Å²) in [6, 6.07) is 1.10. The molecule has 23 heavy (non-hydrogen) atoms. The van der Waals surface area contributed by atoms with Gasteiger partial charge < -0.3 is 15.1 Å². The molecule has 0 aromatic heterocycles. The van der Waals surface area contributed by atoms with Crippen LogP contribution in [0.25, 0.3) is 0 Å². The van der Waals surface area contributed by atoms with Gasteiger partial charge in [0.2, 0.25) is 5.91 Å². The second-order valence-electron chi connectivity index (χ2n) is 7.68. The summed E-state index contributed by atoms with van der Waals surface area (Å²) in [5.41, 5.74) is 0.370. The highest BCUT2D eigenvalue weighted by Crippen LogP contribution is 2.59. The Hall–Kier alpha value is -0.0300. The molecule has 3 aliphatic rings. The van der Waals surface area contributed by atoms with Crippen molar-refractivity contribution in [1.82, 2.24) is 15.1 Å². The van der Waals surface area contributed by atoms with E-state index in [2.05, 4.69) is 29.0 Å². The SMILES string of the molecule is CC(C)N1CCC(N(C)C(=O)C2CC23CCNCC3)CC1.Cl.Cl. The van der Waals surface area contributed by atoms with Crippen molar-refractivity contribution in [2.24, 2.45) is 11.3 Å². The molecule has 136 valence electrons. The molecule has 2 heterocycles. The van der Waals surface area contributed by atoms with Gasteiger partial charge in [-0.25, -0.2) is 0 Å². The molecular weight excluding hydrogens is 333 g/mol. The highest BCUT2D eigenvalue weighted by atomic mass is 35.5. The molecule has 4 nitrogen and oxygen atoms in total. The predicted molar refractivity (Wildman–Crippen MR) is 99.6 cm³/mol. The molecule has 1 atom stereocenters. The normalized spacial score (nSPS) is 27.2.